The fourth-order valence-corrected chi connectivity index (χ4v) is 3.70. The molecule has 1 amide bonds. The fourth-order valence-electron chi connectivity index (χ4n) is 3.07. The number of amides is 1. The van der Waals surface area contributed by atoms with Crippen molar-refractivity contribution < 1.29 is 13.2 Å². The number of hydrogen-bond acceptors (Lipinski definition) is 6. The molecule has 30 heavy (non-hydrogen) atoms. The minimum atomic E-state index is -3.25. The Bertz CT molecular complexity index is 1180. The molecule has 1 aromatic carbocycles. The molecule has 0 atom stereocenters. The maximum absolute atomic E-state index is 13.0. The van der Waals surface area contributed by atoms with Gasteiger partial charge >= 0.3 is 0 Å². The summed E-state index contributed by atoms with van der Waals surface area (Å²) in [6, 6.07) is 6.46. The number of nitrogens with one attached hydrogen (secondary N) is 2. The Morgan fingerprint density at radius 2 is 1.80 bits per heavy atom. The van der Waals surface area contributed by atoms with Gasteiger partial charge in [0.05, 0.1) is 27.7 Å². The van der Waals surface area contributed by atoms with E-state index < -0.39 is 9.84 Å². The molecule has 0 bridgehead atoms. The quantitative estimate of drug-likeness (QED) is 0.624. The van der Waals surface area contributed by atoms with Gasteiger partial charge in [-0.3, -0.25) is 4.79 Å². The highest BCUT2D eigenvalue weighted by Gasteiger charge is 2.21. The van der Waals surface area contributed by atoms with Gasteiger partial charge in [-0.2, -0.15) is 5.10 Å². The molecule has 2 N–H and O–H groups in total. The van der Waals surface area contributed by atoms with Crippen molar-refractivity contribution in [2.75, 3.05) is 11.6 Å². The molecule has 0 fully saturated rings. The van der Waals surface area contributed by atoms with E-state index >= 15 is 0 Å². The molecule has 0 saturated heterocycles. The van der Waals surface area contributed by atoms with Gasteiger partial charge in [-0.25, -0.2) is 18.1 Å². The summed E-state index contributed by atoms with van der Waals surface area (Å²) in [5.41, 5.74) is 2.38. The topological polar surface area (TPSA) is 106 Å². The number of aryl methyl sites for hydroxylation is 1. The molecule has 3 aromatic rings. The monoisotopic (exact) mass is 429 g/mol. The van der Waals surface area contributed by atoms with Crippen molar-refractivity contribution in [1.29, 1.82) is 0 Å². The number of carbonyl (C=O) groups is 1. The summed E-state index contributed by atoms with van der Waals surface area (Å²) in [7, 11) is -3.25. The van der Waals surface area contributed by atoms with E-state index in [9.17, 15) is 13.2 Å². The van der Waals surface area contributed by atoms with Crippen molar-refractivity contribution in [3.8, 4) is 0 Å². The molecule has 8 nitrogen and oxygen atoms in total. The van der Waals surface area contributed by atoms with Gasteiger partial charge in [-0.15, -0.1) is 0 Å². The average Bonchev–Trinajstić information content (AvgIpc) is 3.08. The van der Waals surface area contributed by atoms with E-state index in [0.29, 0.717) is 17.8 Å². The first-order chi connectivity index (χ1) is 14.0. The SMILES string of the molecule is CCn1ncc2c(NC(C)(C)C)c(C(=O)NCc3ccc(S(C)(=O)=O)cc3)cnc21. The summed E-state index contributed by atoms with van der Waals surface area (Å²) < 4.78 is 25.0. The van der Waals surface area contributed by atoms with E-state index in [4.69, 9.17) is 0 Å². The van der Waals surface area contributed by atoms with Crippen LogP contribution in [0.15, 0.2) is 41.6 Å². The second kappa shape index (κ2) is 8.06. The minimum Gasteiger partial charge on any atom is -0.379 e. The number of hydrogen-bond donors (Lipinski definition) is 2. The predicted molar refractivity (Wildman–Crippen MR) is 117 cm³/mol. The zero-order valence-electron chi connectivity index (χ0n) is 17.9. The number of pyridine rings is 1. The zero-order valence-corrected chi connectivity index (χ0v) is 18.7. The first-order valence-electron chi connectivity index (χ1n) is 9.69. The molecule has 0 aliphatic heterocycles. The largest absolute Gasteiger partial charge is 0.379 e. The Balaban J connectivity index is 1.87. The summed E-state index contributed by atoms with van der Waals surface area (Å²) in [6.45, 7) is 9.00. The molecule has 0 saturated carbocycles. The normalized spacial score (nSPS) is 12.2. The third-order valence-corrected chi connectivity index (χ3v) is 5.64. The van der Waals surface area contributed by atoms with Gasteiger partial charge in [-0.05, 0) is 45.4 Å². The summed E-state index contributed by atoms with van der Waals surface area (Å²) >= 11 is 0. The highest BCUT2D eigenvalue weighted by molar-refractivity contribution is 7.90. The van der Waals surface area contributed by atoms with Crippen molar-refractivity contribution in [3.05, 3.63) is 47.8 Å². The molecule has 160 valence electrons. The molecule has 0 spiro atoms. The highest BCUT2D eigenvalue weighted by atomic mass is 32.2. The average molecular weight is 430 g/mol. The van der Waals surface area contributed by atoms with Gasteiger partial charge in [-0.1, -0.05) is 12.1 Å². The second-order valence-electron chi connectivity index (χ2n) is 8.22. The van der Waals surface area contributed by atoms with Crippen LogP contribution in [0.25, 0.3) is 11.0 Å². The van der Waals surface area contributed by atoms with Gasteiger partial charge in [0.1, 0.15) is 0 Å². The van der Waals surface area contributed by atoms with Crippen molar-refractivity contribution in [2.24, 2.45) is 0 Å². The summed E-state index contributed by atoms with van der Waals surface area (Å²) in [5, 5.41) is 11.5. The number of anilines is 1. The first kappa shape index (κ1) is 21.8. The summed E-state index contributed by atoms with van der Waals surface area (Å²) in [4.78, 5) is 17.7. The zero-order chi connectivity index (χ0) is 22.1. The minimum absolute atomic E-state index is 0.247. The van der Waals surface area contributed by atoms with Crippen molar-refractivity contribution in [3.63, 3.8) is 0 Å². The number of carbonyl (C=O) groups excluding carboxylic acids is 1. The van der Waals surface area contributed by atoms with Gasteiger partial charge < -0.3 is 10.6 Å². The molecule has 0 aliphatic rings. The molecule has 9 heteroatoms. The highest BCUT2D eigenvalue weighted by Crippen LogP contribution is 2.28. The maximum atomic E-state index is 13.0. The van der Waals surface area contributed by atoms with Crippen LogP contribution in [0.4, 0.5) is 5.69 Å². The van der Waals surface area contributed by atoms with Crippen LogP contribution in [0, 0.1) is 0 Å². The van der Waals surface area contributed by atoms with E-state index in [1.54, 1.807) is 29.2 Å². The van der Waals surface area contributed by atoms with Crippen LogP contribution in [-0.2, 0) is 22.9 Å². The van der Waals surface area contributed by atoms with E-state index in [1.807, 2.05) is 27.7 Å². The Hall–Kier alpha value is -2.94. The lowest BCUT2D eigenvalue weighted by molar-refractivity contribution is 0.0951. The summed E-state index contributed by atoms with van der Waals surface area (Å²) in [6.07, 6.45) is 4.45. The smallest absolute Gasteiger partial charge is 0.255 e. The van der Waals surface area contributed by atoms with E-state index in [0.717, 1.165) is 22.9 Å². The summed E-state index contributed by atoms with van der Waals surface area (Å²) in [5.74, 6) is -0.271. The predicted octanol–water partition coefficient (Wildman–Crippen LogP) is 3.00. The number of nitrogens with zero attached hydrogens (tertiary/aromatic N) is 3. The number of sulfone groups is 1. The third kappa shape index (κ3) is 4.79. The van der Waals surface area contributed by atoms with Crippen molar-refractivity contribution >= 4 is 32.5 Å². The van der Waals surface area contributed by atoms with Gasteiger partial charge in [0.15, 0.2) is 15.5 Å². The molecular weight excluding hydrogens is 402 g/mol. The van der Waals surface area contributed by atoms with Crippen LogP contribution < -0.4 is 10.6 Å². The van der Waals surface area contributed by atoms with Crippen LogP contribution in [0.1, 0.15) is 43.6 Å². The lowest BCUT2D eigenvalue weighted by Gasteiger charge is -2.24. The number of benzene rings is 1. The van der Waals surface area contributed by atoms with Crippen molar-refractivity contribution in [1.82, 2.24) is 20.1 Å². The molecule has 2 heterocycles. The molecule has 0 unspecified atom stereocenters. The second-order valence-corrected chi connectivity index (χ2v) is 10.2. The van der Waals surface area contributed by atoms with Crippen LogP contribution >= 0.6 is 0 Å². The molecule has 0 radical (unpaired) electrons. The Labute approximate surface area is 176 Å². The lowest BCUT2D eigenvalue weighted by atomic mass is 10.1. The Morgan fingerprint density at radius 1 is 1.13 bits per heavy atom. The van der Waals surface area contributed by atoms with Crippen LogP contribution in [-0.4, -0.2) is 40.9 Å². The standard InChI is InChI=1S/C21H27N5O3S/c1-6-26-19-16(13-24-26)18(25-21(2,3)4)17(12-22-19)20(27)23-11-14-7-9-15(10-8-14)30(5,28)29/h7-10,12-13H,6,11H2,1-5H3,(H,22,25)(H,23,27). The van der Waals surface area contributed by atoms with E-state index in [2.05, 4.69) is 20.7 Å². The number of fused-ring (bicyclic) bond motifs is 1. The van der Waals surface area contributed by atoms with Crippen LogP contribution in [0.3, 0.4) is 0 Å². The first-order valence-corrected chi connectivity index (χ1v) is 11.6. The van der Waals surface area contributed by atoms with E-state index in [1.165, 1.54) is 12.1 Å². The van der Waals surface area contributed by atoms with Crippen molar-refractivity contribution in [2.45, 2.75) is 51.2 Å². The number of rotatable bonds is 6. The van der Waals surface area contributed by atoms with Crippen LogP contribution in [0.5, 0.6) is 0 Å². The fraction of sp³-hybridized carbons (Fsp3) is 0.381. The third-order valence-electron chi connectivity index (χ3n) is 4.51. The number of aromatic nitrogens is 3. The Kier molecular flexibility index (Phi) is 5.85. The molecular formula is C21H27N5O3S. The van der Waals surface area contributed by atoms with Gasteiger partial charge in [0, 0.05) is 31.1 Å². The molecule has 0 aliphatic carbocycles. The molecule has 3 rings (SSSR count). The lowest BCUT2D eigenvalue weighted by Crippen LogP contribution is -2.30. The van der Waals surface area contributed by atoms with Gasteiger partial charge in [0.25, 0.3) is 5.91 Å². The Morgan fingerprint density at radius 3 is 2.37 bits per heavy atom. The molecule has 2 aromatic heterocycles. The van der Waals surface area contributed by atoms with E-state index in [-0.39, 0.29) is 22.9 Å². The van der Waals surface area contributed by atoms with Crippen LogP contribution in [0.2, 0.25) is 0 Å². The maximum Gasteiger partial charge on any atom is 0.255 e. The van der Waals surface area contributed by atoms with Gasteiger partial charge in [0.2, 0.25) is 0 Å².